The molecule has 4 rings (SSSR count). The molecule has 0 fully saturated rings. The van der Waals surface area contributed by atoms with E-state index in [2.05, 4.69) is 5.32 Å². The van der Waals surface area contributed by atoms with Gasteiger partial charge in [0.2, 0.25) is 11.8 Å². The van der Waals surface area contributed by atoms with Crippen LogP contribution in [0.3, 0.4) is 0 Å². The lowest BCUT2D eigenvalue weighted by atomic mass is 10.0. The van der Waals surface area contributed by atoms with Crippen molar-refractivity contribution < 1.29 is 32.4 Å². The molecule has 1 N–H and O–H groups in total. The van der Waals surface area contributed by atoms with E-state index < -0.39 is 39.3 Å². The molecule has 246 valence electrons. The highest BCUT2D eigenvalue weighted by molar-refractivity contribution is 7.92. The van der Waals surface area contributed by atoms with E-state index >= 15 is 0 Å². The fourth-order valence-electron chi connectivity index (χ4n) is 5.04. The smallest absolute Gasteiger partial charge is 0.273 e. The van der Waals surface area contributed by atoms with Crippen molar-refractivity contribution in [1.82, 2.24) is 10.2 Å². The number of ether oxygens (including phenoxy) is 2. The lowest BCUT2D eigenvalue weighted by Crippen LogP contribution is -2.53. The summed E-state index contributed by atoms with van der Waals surface area (Å²) in [6.07, 6.45) is 0.148. The van der Waals surface area contributed by atoms with Gasteiger partial charge in [0.25, 0.3) is 15.7 Å². The number of hydrogen-bond acceptors (Lipinski definition) is 8. The third-order valence-corrected chi connectivity index (χ3v) is 9.38. The van der Waals surface area contributed by atoms with E-state index in [4.69, 9.17) is 9.47 Å². The van der Waals surface area contributed by atoms with Gasteiger partial charge in [-0.3, -0.25) is 24.0 Å². The Bertz CT molecular complexity index is 1830. The van der Waals surface area contributed by atoms with Crippen molar-refractivity contribution in [1.29, 1.82) is 0 Å². The summed E-state index contributed by atoms with van der Waals surface area (Å²) in [6.45, 7) is 0.734. The third kappa shape index (κ3) is 8.24. The van der Waals surface area contributed by atoms with Crippen LogP contribution >= 0.6 is 0 Å². The van der Waals surface area contributed by atoms with E-state index in [1.165, 1.54) is 69.5 Å². The Morgan fingerprint density at radius 3 is 2.15 bits per heavy atom. The summed E-state index contributed by atoms with van der Waals surface area (Å²) < 4.78 is 39.9. The summed E-state index contributed by atoms with van der Waals surface area (Å²) in [4.78, 5) is 39.9. The standard InChI is InChI=1S/C34H36N4O8S/c1-24-13-18-30(21-31(24)38(41)42)47(43,44)37(27-14-16-28(45-3)17-15-27)23-33(39)36(22-26-11-8-12-29(19-26)46-4)32(34(40)35-2)20-25-9-6-5-7-10-25/h5-19,21,32H,20,22-23H2,1-4H3,(H,35,40). The first-order valence-corrected chi connectivity index (χ1v) is 16.0. The lowest BCUT2D eigenvalue weighted by molar-refractivity contribution is -0.385. The van der Waals surface area contributed by atoms with Crippen LogP contribution in [-0.4, -0.2) is 63.9 Å². The number of carbonyl (C=O) groups excluding carboxylic acids is 2. The molecule has 0 saturated heterocycles. The summed E-state index contributed by atoms with van der Waals surface area (Å²) in [7, 11) is -0.113. The minimum atomic E-state index is -4.55. The van der Waals surface area contributed by atoms with Crippen molar-refractivity contribution >= 4 is 33.2 Å². The van der Waals surface area contributed by atoms with Crippen LogP contribution in [-0.2, 0) is 32.6 Å². The number of nitrogens with one attached hydrogen (secondary N) is 1. The quantitative estimate of drug-likeness (QED) is 0.154. The second-order valence-electron chi connectivity index (χ2n) is 10.6. The number of aryl methyl sites for hydroxylation is 1. The Labute approximate surface area is 273 Å². The molecule has 0 radical (unpaired) electrons. The van der Waals surface area contributed by atoms with Crippen LogP contribution in [0.5, 0.6) is 11.5 Å². The summed E-state index contributed by atoms with van der Waals surface area (Å²) in [5, 5.41) is 14.3. The zero-order valence-electron chi connectivity index (χ0n) is 26.5. The highest BCUT2D eigenvalue weighted by Gasteiger charge is 2.35. The zero-order chi connectivity index (χ0) is 34.1. The van der Waals surface area contributed by atoms with Gasteiger partial charge in [0.1, 0.15) is 24.1 Å². The maximum absolute atomic E-state index is 14.4. The number of methoxy groups -OCH3 is 2. The number of nitrogens with zero attached hydrogens (tertiary/aromatic N) is 3. The number of likely N-dealkylation sites (N-methyl/N-ethyl adjacent to an activating group) is 1. The minimum Gasteiger partial charge on any atom is -0.497 e. The fraction of sp³-hybridized carbons (Fsp3) is 0.235. The maximum atomic E-state index is 14.4. The Morgan fingerprint density at radius 2 is 1.53 bits per heavy atom. The van der Waals surface area contributed by atoms with Crippen LogP contribution in [0.2, 0.25) is 0 Å². The van der Waals surface area contributed by atoms with Gasteiger partial charge < -0.3 is 19.7 Å². The molecule has 12 nitrogen and oxygen atoms in total. The molecule has 0 heterocycles. The first kappa shape index (κ1) is 34.4. The summed E-state index contributed by atoms with van der Waals surface area (Å²) in [5.41, 5.74) is 1.45. The van der Waals surface area contributed by atoms with Crippen molar-refractivity contribution in [3.05, 3.63) is 124 Å². The molecule has 2 amide bonds. The van der Waals surface area contributed by atoms with E-state index in [0.717, 1.165) is 15.9 Å². The van der Waals surface area contributed by atoms with Crippen molar-refractivity contribution in [2.45, 2.75) is 30.8 Å². The SMILES string of the molecule is CNC(=O)C(Cc1ccccc1)N(Cc1cccc(OC)c1)C(=O)CN(c1ccc(OC)cc1)S(=O)(=O)c1ccc(C)c([N+](=O)[O-])c1. The Balaban J connectivity index is 1.83. The number of sulfonamides is 1. The Hall–Kier alpha value is -5.43. The highest BCUT2D eigenvalue weighted by Crippen LogP contribution is 2.30. The van der Waals surface area contributed by atoms with Crippen LogP contribution in [0, 0.1) is 17.0 Å². The van der Waals surface area contributed by atoms with Crippen molar-refractivity contribution in [3.63, 3.8) is 0 Å². The average molecular weight is 661 g/mol. The van der Waals surface area contributed by atoms with Gasteiger partial charge in [-0.1, -0.05) is 48.5 Å². The first-order chi connectivity index (χ1) is 22.5. The van der Waals surface area contributed by atoms with E-state index in [0.29, 0.717) is 17.1 Å². The maximum Gasteiger partial charge on any atom is 0.273 e. The number of benzene rings is 4. The van der Waals surface area contributed by atoms with Gasteiger partial charge in [0.05, 0.1) is 29.7 Å². The minimum absolute atomic E-state index is 0.0482. The van der Waals surface area contributed by atoms with E-state index in [1.807, 2.05) is 30.3 Å². The van der Waals surface area contributed by atoms with Gasteiger partial charge >= 0.3 is 0 Å². The van der Waals surface area contributed by atoms with Gasteiger partial charge in [0, 0.05) is 31.6 Å². The highest BCUT2D eigenvalue weighted by atomic mass is 32.2. The fourth-order valence-corrected chi connectivity index (χ4v) is 6.47. The molecule has 1 unspecified atom stereocenters. The number of carbonyl (C=O) groups is 2. The topological polar surface area (TPSA) is 148 Å². The Morgan fingerprint density at radius 1 is 0.872 bits per heavy atom. The molecule has 4 aromatic rings. The molecule has 0 aliphatic carbocycles. The average Bonchev–Trinajstić information content (AvgIpc) is 3.08. The normalized spacial score (nSPS) is 11.7. The van der Waals surface area contributed by atoms with Crippen molar-refractivity contribution in [3.8, 4) is 11.5 Å². The summed E-state index contributed by atoms with van der Waals surface area (Å²) >= 11 is 0. The number of nitro groups is 1. The predicted octanol–water partition coefficient (Wildman–Crippen LogP) is 4.50. The van der Waals surface area contributed by atoms with Crippen molar-refractivity contribution in [2.75, 3.05) is 32.1 Å². The van der Waals surface area contributed by atoms with Crippen molar-refractivity contribution in [2.24, 2.45) is 0 Å². The second-order valence-corrected chi connectivity index (χ2v) is 12.5. The number of amides is 2. The second kappa shape index (κ2) is 15.2. The predicted molar refractivity (Wildman–Crippen MR) is 177 cm³/mol. The summed E-state index contributed by atoms with van der Waals surface area (Å²) in [6, 6.07) is 24.7. The van der Waals surface area contributed by atoms with Gasteiger partial charge in [-0.15, -0.1) is 0 Å². The molecular weight excluding hydrogens is 624 g/mol. The largest absolute Gasteiger partial charge is 0.497 e. The molecule has 0 spiro atoms. The van der Waals surface area contributed by atoms with E-state index in [1.54, 1.807) is 24.3 Å². The Kier molecular flexibility index (Phi) is 11.2. The van der Waals surface area contributed by atoms with Crippen LogP contribution in [0.1, 0.15) is 16.7 Å². The van der Waals surface area contributed by atoms with E-state index in [-0.39, 0.29) is 34.8 Å². The molecule has 47 heavy (non-hydrogen) atoms. The zero-order valence-corrected chi connectivity index (χ0v) is 27.3. The summed E-state index contributed by atoms with van der Waals surface area (Å²) in [5.74, 6) is -0.139. The molecule has 0 bridgehead atoms. The van der Waals surface area contributed by atoms with Crippen LogP contribution in [0.4, 0.5) is 11.4 Å². The number of anilines is 1. The molecular formula is C34H36N4O8S. The molecule has 0 aromatic heterocycles. The lowest BCUT2D eigenvalue weighted by Gasteiger charge is -2.33. The number of hydrogen-bond donors (Lipinski definition) is 1. The van der Waals surface area contributed by atoms with Crippen LogP contribution in [0.15, 0.2) is 102 Å². The van der Waals surface area contributed by atoms with Gasteiger partial charge in [-0.2, -0.15) is 0 Å². The van der Waals surface area contributed by atoms with Crippen LogP contribution in [0.25, 0.3) is 0 Å². The monoisotopic (exact) mass is 660 g/mol. The molecule has 1 atom stereocenters. The molecule has 4 aromatic carbocycles. The van der Waals surface area contributed by atoms with E-state index in [9.17, 15) is 28.1 Å². The number of nitro benzene ring substituents is 1. The molecule has 13 heteroatoms. The third-order valence-electron chi connectivity index (χ3n) is 7.61. The van der Waals surface area contributed by atoms with Gasteiger partial charge in [-0.25, -0.2) is 8.42 Å². The van der Waals surface area contributed by atoms with Crippen LogP contribution < -0.4 is 19.1 Å². The number of rotatable bonds is 14. The molecule has 0 aliphatic heterocycles. The first-order valence-electron chi connectivity index (χ1n) is 14.6. The molecule has 0 aliphatic rings. The van der Waals surface area contributed by atoms with Gasteiger partial charge in [0.15, 0.2) is 0 Å². The molecule has 0 saturated carbocycles. The van der Waals surface area contributed by atoms with Gasteiger partial charge in [-0.05, 0) is 60.5 Å².